The van der Waals surface area contributed by atoms with Gasteiger partial charge in [-0.3, -0.25) is 4.79 Å². The molecule has 0 spiro atoms. The molecule has 2 rings (SSSR count). The zero-order valence-electron chi connectivity index (χ0n) is 17.4. The maximum atomic E-state index is 12.5. The van der Waals surface area contributed by atoms with Crippen LogP contribution in [0.25, 0.3) is 0 Å². The molecule has 32 heavy (non-hydrogen) atoms. The van der Waals surface area contributed by atoms with E-state index < -0.39 is 30.6 Å². The van der Waals surface area contributed by atoms with Gasteiger partial charge in [0.05, 0.1) is 24.8 Å². The van der Waals surface area contributed by atoms with Crippen LogP contribution in [0.2, 0.25) is 0 Å². The molecule has 0 aromatic heterocycles. The van der Waals surface area contributed by atoms with Crippen LogP contribution in [-0.4, -0.2) is 36.8 Å². The second kappa shape index (κ2) is 11.9. The Labute approximate surface area is 184 Å². The van der Waals surface area contributed by atoms with Crippen LogP contribution in [0, 0.1) is 0 Å². The number of nitrogens with one attached hydrogen (secondary N) is 1. The minimum absolute atomic E-state index is 0.0269. The van der Waals surface area contributed by atoms with Crippen molar-refractivity contribution in [2.24, 2.45) is 22.2 Å². The van der Waals surface area contributed by atoms with Gasteiger partial charge in [0.2, 0.25) is 0 Å². The highest BCUT2D eigenvalue weighted by Gasteiger charge is 2.22. The molecule has 1 amide bonds. The maximum Gasteiger partial charge on any atom is 0.408 e. The van der Waals surface area contributed by atoms with Crippen molar-refractivity contribution in [2.45, 2.75) is 26.1 Å². The number of amides is 1. The molecule has 0 heterocycles. The van der Waals surface area contributed by atoms with Crippen LogP contribution < -0.4 is 27.3 Å². The van der Waals surface area contributed by atoms with Gasteiger partial charge < -0.3 is 36.7 Å². The first kappa shape index (κ1) is 24.2. The molecule has 0 aliphatic heterocycles. The summed E-state index contributed by atoms with van der Waals surface area (Å²) < 4.78 is 15.2. The predicted molar refractivity (Wildman–Crippen MR) is 116 cm³/mol. The third kappa shape index (κ3) is 7.61. The van der Waals surface area contributed by atoms with Crippen molar-refractivity contribution in [3.05, 3.63) is 59.7 Å². The number of esters is 2. The highest BCUT2D eigenvalue weighted by atomic mass is 16.6. The fraction of sp³-hybridized carbons (Fsp3) is 0.238. The number of carbonyl (C=O) groups excluding carboxylic acids is 3. The minimum atomic E-state index is -1.13. The Balaban J connectivity index is 1.93. The van der Waals surface area contributed by atoms with Crippen LogP contribution in [0.15, 0.2) is 53.5 Å². The summed E-state index contributed by atoms with van der Waals surface area (Å²) in [5.41, 5.74) is 17.3. The molecule has 0 radical (unpaired) electrons. The van der Waals surface area contributed by atoms with Gasteiger partial charge in [-0.15, -0.1) is 0 Å². The van der Waals surface area contributed by atoms with Gasteiger partial charge in [0.25, 0.3) is 0 Å². The molecular weight excluding hydrogens is 418 g/mol. The summed E-state index contributed by atoms with van der Waals surface area (Å²) in [5.74, 6) is -2.04. The van der Waals surface area contributed by atoms with E-state index in [9.17, 15) is 14.4 Å². The van der Waals surface area contributed by atoms with E-state index in [-0.39, 0.29) is 29.6 Å². The number of para-hydroxylation sites is 1. The van der Waals surface area contributed by atoms with Crippen molar-refractivity contribution >= 4 is 29.7 Å². The van der Waals surface area contributed by atoms with Gasteiger partial charge in [-0.05, 0) is 24.6 Å². The molecule has 170 valence electrons. The SMILES string of the molecule is CCOc1cccc(C(=O)OC(=O)CC(N)NC(=O)OCc2ccccc2)c1N=C(N)N. The Morgan fingerprint density at radius 3 is 2.44 bits per heavy atom. The lowest BCUT2D eigenvalue weighted by Gasteiger charge is -2.14. The smallest absolute Gasteiger partial charge is 0.408 e. The van der Waals surface area contributed by atoms with E-state index in [0.717, 1.165) is 5.56 Å². The van der Waals surface area contributed by atoms with Gasteiger partial charge in [0.1, 0.15) is 18.0 Å². The van der Waals surface area contributed by atoms with Crippen molar-refractivity contribution in [3.63, 3.8) is 0 Å². The molecule has 1 atom stereocenters. The summed E-state index contributed by atoms with van der Waals surface area (Å²) in [5, 5.41) is 2.29. The summed E-state index contributed by atoms with van der Waals surface area (Å²) in [6, 6.07) is 13.5. The van der Waals surface area contributed by atoms with E-state index in [2.05, 4.69) is 10.3 Å². The van der Waals surface area contributed by atoms with Gasteiger partial charge in [0, 0.05) is 0 Å². The zero-order chi connectivity index (χ0) is 23.5. The van der Waals surface area contributed by atoms with Crippen molar-refractivity contribution in [1.82, 2.24) is 5.32 Å². The molecule has 0 fully saturated rings. The first-order chi connectivity index (χ1) is 15.3. The number of aliphatic imine (C=N–C) groups is 1. The van der Waals surface area contributed by atoms with Gasteiger partial charge in [-0.25, -0.2) is 14.6 Å². The van der Waals surface area contributed by atoms with Crippen LogP contribution >= 0.6 is 0 Å². The Hall–Kier alpha value is -4.12. The summed E-state index contributed by atoms with van der Waals surface area (Å²) in [6.45, 7) is 2.07. The van der Waals surface area contributed by atoms with Crippen LogP contribution in [0.1, 0.15) is 29.3 Å². The number of nitrogens with zero attached hydrogens (tertiary/aromatic N) is 1. The topological polar surface area (TPSA) is 181 Å². The zero-order valence-corrected chi connectivity index (χ0v) is 17.4. The Morgan fingerprint density at radius 1 is 1.06 bits per heavy atom. The summed E-state index contributed by atoms with van der Waals surface area (Å²) in [6.07, 6.45) is -2.43. The van der Waals surface area contributed by atoms with Crippen molar-refractivity contribution in [3.8, 4) is 5.75 Å². The highest BCUT2D eigenvalue weighted by molar-refractivity contribution is 6.02. The fourth-order valence-corrected chi connectivity index (χ4v) is 2.55. The monoisotopic (exact) mass is 443 g/mol. The second-order valence-corrected chi connectivity index (χ2v) is 6.40. The van der Waals surface area contributed by atoms with Crippen LogP contribution in [-0.2, 0) is 20.9 Å². The van der Waals surface area contributed by atoms with Crippen LogP contribution in [0.4, 0.5) is 10.5 Å². The Morgan fingerprint density at radius 2 is 1.78 bits per heavy atom. The normalized spacial score (nSPS) is 11.1. The summed E-state index contributed by atoms with van der Waals surface area (Å²) in [7, 11) is 0. The molecule has 7 N–H and O–H groups in total. The summed E-state index contributed by atoms with van der Waals surface area (Å²) in [4.78, 5) is 40.3. The lowest BCUT2D eigenvalue weighted by Crippen LogP contribution is -2.43. The van der Waals surface area contributed by atoms with E-state index in [4.69, 9.17) is 31.4 Å². The molecule has 0 aliphatic carbocycles. The molecule has 0 bridgehead atoms. The average Bonchev–Trinajstić information content (AvgIpc) is 2.73. The molecular formula is C21H25N5O6. The van der Waals surface area contributed by atoms with Gasteiger partial charge in [-0.2, -0.15) is 0 Å². The lowest BCUT2D eigenvalue weighted by molar-refractivity contribution is -0.138. The second-order valence-electron chi connectivity index (χ2n) is 6.40. The molecule has 0 saturated heterocycles. The van der Waals surface area contributed by atoms with E-state index in [1.807, 2.05) is 6.07 Å². The standard InChI is InChI=1S/C21H25N5O6/c1-2-30-15-10-6-9-14(18(15)26-20(23)24)19(28)32-17(27)11-16(22)25-21(29)31-12-13-7-4-3-5-8-13/h3-10,16H,2,11-12,22H2,1H3,(H,25,29)(H4,23,24,26). The quantitative estimate of drug-likeness (QED) is 0.146. The number of benzene rings is 2. The molecule has 11 heteroatoms. The van der Waals surface area contributed by atoms with E-state index in [1.165, 1.54) is 12.1 Å². The number of guanidine groups is 1. The lowest BCUT2D eigenvalue weighted by atomic mass is 10.1. The molecule has 0 saturated carbocycles. The van der Waals surface area contributed by atoms with E-state index in [1.54, 1.807) is 37.3 Å². The summed E-state index contributed by atoms with van der Waals surface area (Å²) >= 11 is 0. The number of hydrogen-bond acceptors (Lipinski definition) is 8. The fourth-order valence-electron chi connectivity index (χ4n) is 2.55. The largest absolute Gasteiger partial charge is 0.492 e. The number of hydrogen-bond donors (Lipinski definition) is 4. The number of nitrogens with two attached hydrogens (primary N) is 3. The number of rotatable bonds is 9. The van der Waals surface area contributed by atoms with E-state index >= 15 is 0 Å². The third-order valence-electron chi connectivity index (χ3n) is 3.87. The number of carbonyl (C=O) groups is 3. The molecule has 2 aromatic rings. The van der Waals surface area contributed by atoms with Crippen molar-refractivity contribution in [1.29, 1.82) is 0 Å². The number of alkyl carbamates (subject to hydrolysis) is 1. The average molecular weight is 443 g/mol. The van der Waals surface area contributed by atoms with Crippen LogP contribution in [0.5, 0.6) is 5.75 Å². The Kier molecular flexibility index (Phi) is 8.99. The minimum Gasteiger partial charge on any atom is -0.492 e. The van der Waals surface area contributed by atoms with E-state index in [0.29, 0.717) is 6.61 Å². The highest BCUT2D eigenvalue weighted by Crippen LogP contribution is 2.32. The Bertz CT molecular complexity index is 976. The predicted octanol–water partition coefficient (Wildman–Crippen LogP) is 1.27. The number of ether oxygens (including phenoxy) is 3. The molecule has 11 nitrogen and oxygen atoms in total. The first-order valence-corrected chi connectivity index (χ1v) is 9.63. The van der Waals surface area contributed by atoms with Gasteiger partial charge in [-0.1, -0.05) is 36.4 Å². The van der Waals surface area contributed by atoms with Crippen molar-refractivity contribution in [2.75, 3.05) is 6.61 Å². The van der Waals surface area contributed by atoms with Crippen LogP contribution in [0.3, 0.4) is 0 Å². The molecule has 1 unspecified atom stereocenters. The first-order valence-electron chi connectivity index (χ1n) is 9.63. The van der Waals surface area contributed by atoms with Gasteiger partial charge in [0.15, 0.2) is 5.96 Å². The third-order valence-corrected chi connectivity index (χ3v) is 3.87. The molecule has 2 aromatic carbocycles. The van der Waals surface area contributed by atoms with Gasteiger partial charge >= 0.3 is 18.0 Å². The maximum absolute atomic E-state index is 12.5. The molecule has 0 aliphatic rings. The van der Waals surface area contributed by atoms with Crippen molar-refractivity contribution < 1.29 is 28.6 Å².